The van der Waals surface area contributed by atoms with E-state index in [4.69, 9.17) is 0 Å². The lowest BCUT2D eigenvalue weighted by atomic mass is 10.0. The lowest BCUT2D eigenvalue weighted by Crippen LogP contribution is -2.32. The number of hydrogen-bond acceptors (Lipinski definition) is 2. The Morgan fingerprint density at radius 3 is 2.47 bits per heavy atom. The molecule has 0 amide bonds. The van der Waals surface area contributed by atoms with E-state index >= 15 is 0 Å². The summed E-state index contributed by atoms with van der Waals surface area (Å²) in [7, 11) is 0. The SMILES string of the molecule is CC(C)CNCCN1CC2CCCC2C1. The lowest BCUT2D eigenvalue weighted by molar-refractivity contribution is 0.307. The number of nitrogens with zero attached hydrogens (tertiary/aromatic N) is 1. The van der Waals surface area contributed by atoms with Gasteiger partial charge in [0.25, 0.3) is 0 Å². The largest absolute Gasteiger partial charge is 0.315 e. The highest BCUT2D eigenvalue weighted by Crippen LogP contribution is 2.37. The minimum atomic E-state index is 0.781. The summed E-state index contributed by atoms with van der Waals surface area (Å²) in [5.41, 5.74) is 0. The average Bonchev–Trinajstić information content (AvgIpc) is 2.71. The van der Waals surface area contributed by atoms with Crippen molar-refractivity contribution in [3.63, 3.8) is 0 Å². The highest BCUT2D eigenvalue weighted by Gasteiger charge is 2.35. The Balaban J connectivity index is 1.57. The summed E-state index contributed by atoms with van der Waals surface area (Å²) < 4.78 is 0. The molecule has 2 aliphatic rings. The van der Waals surface area contributed by atoms with Crippen molar-refractivity contribution in [2.24, 2.45) is 17.8 Å². The van der Waals surface area contributed by atoms with Gasteiger partial charge in [-0.3, -0.25) is 0 Å². The van der Waals surface area contributed by atoms with Crippen molar-refractivity contribution in [3.8, 4) is 0 Å². The Morgan fingerprint density at radius 1 is 1.20 bits per heavy atom. The summed E-state index contributed by atoms with van der Waals surface area (Å²) in [5, 5.41) is 3.54. The van der Waals surface area contributed by atoms with Crippen LogP contribution in [0.25, 0.3) is 0 Å². The van der Waals surface area contributed by atoms with E-state index in [2.05, 4.69) is 24.1 Å². The smallest absolute Gasteiger partial charge is 0.0107 e. The first-order valence-electron chi connectivity index (χ1n) is 6.69. The summed E-state index contributed by atoms with van der Waals surface area (Å²) in [4.78, 5) is 2.67. The summed E-state index contributed by atoms with van der Waals surface area (Å²) in [6, 6.07) is 0. The maximum Gasteiger partial charge on any atom is 0.0107 e. The number of hydrogen-bond donors (Lipinski definition) is 1. The molecule has 0 aromatic rings. The quantitative estimate of drug-likeness (QED) is 0.698. The van der Waals surface area contributed by atoms with Gasteiger partial charge in [0.15, 0.2) is 0 Å². The normalized spacial score (nSPS) is 31.4. The molecule has 1 aliphatic heterocycles. The molecule has 0 aromatic carbocycles. The van der Waals surface area contributed by atoms with E-state index in [1.807, 2.05) is 0 Å². The Bertz CT molecular complexity index is 179. The molecular weight excluding hydrogens is 184 g/mol. The molecule has 15 heavy (non-hydrogen) atoms. The average molecular weight is 210 g/mol. The van der Waals surface area contributed by atoms with Crippen LogP contribution in [0, 0.1) is 17.8 Å². The number of likely N-dealkylation sites (tertiary alicyclic amines) is 1. The molecule has 2 heteroatoms. The molecular formula is C13H26N2. The van der Waals surface area contributed by atoms with Crippen LogP contribution in [0.5, 0.6) is 0 Å². The topological polar surface area (TPSA) is 15.3 Å². The van der Waals surface area contributed by atoms with Gasteiger partial charge >= 0.3 is 0 Å². The van der Waals surface area contributed by atoms with Gasteiger partial charge in [-0.15, -0.1) is 0 Å². The van der Waals surface area contributed by atoms with Gasteiger partial charge in [0.1, 0.15) is 0 Å². The van der Waals surface area contributed by atoms with Crippen LogP contribution in [0.15, 0.2) is 0 Å². The van der Waals surface area contributed by atoms with Crippen LogP contribution in [0.1, 0.15) is 33.1 Å². The van der Waals surface area contributed by atoms with E-state index in [9.17, 15) is 0 Å². The fourth-order valence-electron chi connectivity index (χ4n) is 3.14. The maximum absolute atomic E-state index is 3.54. The predicted molar refractivity (Wildman–Crippen MR) is 65.0 cm³/mol. The highest BCUT2D eigenvalue weighted by atomic mass is 15.2. The molecule has 0 aromatic heterocycles. The van der Waals surface area contributed by atoms with Crippen molar-refractivity contribution in [3.05, 3.63) is 0 Å². The van der Waals surface area contributed by atoms with Crippen molar-refractivity contribution in [2.45, 2.75) is 33.1 Å². The molecule has 1 saturated carbocycles. The Labute approximate surface area is 94.4 Å². The summed E-state index contributed by atoms with van der Waals surface area (Å²) in [5.74, 6) is 2.88. The van der Waals surface area contributed by atoms with Crippen molar-refractivity contribution in [1.82, 2.24) is 10.2 Å². The first-order valence-corrected chi connectivity index (χ1v) is 6.69. The van der Waals surface area contributed by atoms with E-state index in [0.29, 0.717) is 0 Å². The molecule has 1 N–H and O–H groups in total. The molecule has 1 saturated heterocycles. The molecule has 2 atom stereocenters. The van der Waals surface area contributed by atoms with Crippen molar-refractivity contribution >= 4 is 0 Å². The van der Waals surface area contributed by atoms with Gasteiger partial charge in [-0.25, -0.2) is 0 Å². The minimum Gasteiger partial charge on any atom is -0.315 e. The molecule has 2 rings (SSSR count). The van der Waals surface area contributed by atoms with Gasteiger partial charge in [0.2, 0.25) is 0 Å². The zero-order valence-corrected chi connectivity index (χ0v) is 10.3. The Hall–Kier alpha value is -0.0800. The standard InChI is InChI=1S/C13H26N2/c1-11(2)8-14-6-7-15-9-12-4-3-5-13(12)10-15/h11-14H,3-10H2,1-2H3. The maximum atomic E-state index is 3.54. The van der Waals surface area contributed by atoms with E-state index in [1.54, 1.807) is 0 Å². The van der Waals surface area contributed by atoms with Gasteiger partial charge in [-0.1, -0.05) is 20.3 Å². The van der Waals surface area contributed by atoms with Gasteiger partial charge < -0.3 is 10.2 Å². The van der Waals surface area contributed by atoms with Gasteiger partial charge in [0.05, 0.1) is 0 Å². The molecule has 0 bridgehead atoms. The number of fused-ring (bicyclic) bond motifs is 1. The molecule has 0 radical (unpaired) electrons. The van der Waals surface area contributed by atoms with Gasteiger partial charge in [-0.05, 0) is 37.1 Å². The Kier molecular flexibility index (Phi) is 4.04. The number of nitrogens with one attached hydrogen (secondary N) is 1. The molecule has 0 spiro atoms. The predicted octanol–water partition coefficient (Wildman–Crippen LogP) is 1.96. The first kappa shape index (κ1) is 11.4. The fourth-order valence-corrected chi connectivity index (χ4v) is 3.14. The third-order valence-corrected chi connectivity index (χ3v) is 3.96. The molecule has 88 valence electrons. The van der Waals surface area contributed by atoms with Crippen LogP contribution in [-0.2, 0) is 0 Å². The molecule has 1 heterocycles. The molecule has 1 aliphatic carbocycles. The van der Waals surface area contributed by atoms with E-state index in [1.165, 1.54) is 52.0 Å². The van der Waals surface area contributed by atoms with E-state index < -0.39 is 0 Å². The molecule has 2 nitrogen and oxygen atoms in total. The van der Waals surface area contributed by atoms with Crippen LogP contribution in [-0.4, -0.2) is 37.6 Å². The zero-order chi connectivity index (χ0) is 10.7. The van der Waals surface area contributed by atoms with Crippen molar-refractivity contribution in [1.29, 1.82) is 0 Å². The van der Waals surface area contributed by atoms with Crippen LogP contribution >= 0.6 is 0 Å². The summed E-state index contributed by atoms with van der Waals surface area (Å²) in [6.07, 6.45) is 4.50. The summed E-state index contributed by atoms with van der Waals surface area (Å²) >= 11 is 0. The third-order valence-electron chi connectivity index (χ3n) is 3.96. The van der Waals surface area contributed by atoms with E-state index in [0.717, 1.165) is 17.8 Å². The van der Waals surface area contributed by atoms with Crippen LogP contribution in [0.2, 0.25) is 0 Å². The van der Waals surface area contributed by atoms with E-state index in [-0.39, 0.29) is 0 Å². The molecule has 2 unspecified atom stereocenters. The Morgan fingerprint density at radius 2 is 1.87 bits per heavy atom. The second kappa shape index (κ2) is 5.31. The van der Waals surface area contributed by atoms with Crippen LogP contribution in [0.3, 0.4) is 0 Å². The zero-order valence-electron chi connectivity index (χ0n) is 10.3. The third kappa shape index (κ3) is 3.18. The second-order valence-corrected chi connectivity index (χ2v) is 5.81. The first-order chi connectivity index (χ1) is 7.25. The van der Waals surface area contributed by atoms with Crippen LogP contribution < -0.4 is 5.32 Å². The van der Waals surface area contributed by atoms with Crippen molar-refractivity contribution in [2.75, 3.05) is 32.7 Å². The minimum absolute atomic E-state index is 0.781. The summed E-state index contributed by atoms with van der Waals surface area (Å²) in [6.45, 7) is 10.9. The second-order valence-electron chi connectivity index (χ2n) is 5.81. The van der Waals surface area contributed by atoms with Crippen LogP contribution in [0.4, 0.5) is 0 Å². The van der Waals surface area contributed by atoms with Crippen molar-refractivity contribution < 1.29 is 0 Å². The van der Waals surface area contributed by atoms with Gasteiger partial charge in [0, 0.05) is 26.2 Å². The van der Waals surface area contributed by atoms with Gasteiger partial charge in [-0.2, -0.15) is 0 Å². The highest BCUT2D eigenvalue weighted by molar-refractivity contribution is 4.88. The fraction of sp³-hybridized carbons (Fsp3) is 1.00. The lowest BCUT2D eigenvalue weighted by Gasteiger charge is -2.17. The number of rotatable bonds is 5. The monoisotopic (exact) mass is 210 g/mol. The molecule has 2 fully saturated rings.